The fraction of sp³-hybridized carbons (Fsp3) is 0.292. The molecule has 1 aliphatic rings. The Hall–Kier alpha value is -2.70. The van der Waals surface area contributed by atoms with Gasteiger partial charge in [-0.3, -0.25) is 0 Å². The summed E-state index contributed by atoms with van der Waals surface area (Å²) in [5.41, 5.74) is 2.19. The molecule has 0 bridgehead atoms. The van der Waals surface area contributed by atoms with Crippen LogP contribution in [0.4, 0.5) is 9.18 Å². The molecule has 30 heavy (non-hydrogen) atoms. The van der Waals surface area contributed by atoms with Crippen molar-refractivity contribution in [2.75, 3.05) is 13.2 Å². The maximum absolute atomic E-state index is 13.1. The first kappa shape index (κ1) is 20.6. The van der Waals surface area contributed by atoms with Gasteiger partial charge >= 0.3 is 6.09 Å². The number of aliphatic hydroxyl groups excluding tert-OH is 1. The van der Waals surface area contributed by atoms with E-state index in [9.17, 15) is 14.3 Å². The fourth-order valence-electron chi connectivity index (χ4n) is 3.99. The van der Waals surface area contributed by atoms with E-state index in [1.165, 1.54) is 12.1 Å². The molecule has 6 heteroatoms. The minimum Gasteiger partial charge on any atom is -0.437 e. The third kappa shape index (κ3) is 3.98. The highest BCUT2D eigenvalue weighted by molar-refractivity contribution is 7.10. The van der Waals surface area contributed by atoms with Crippen LogP contribution in [0, 0.1) is 5.82 Å². The van der Waals surface area contributed by atoms with Crippen LogP contribution in [0.5, 0.6) is 0 Å². The van der Waals surface area contributed by atoms with Gasteiger partial charge < -0.3 is 14.7 Å². The van der Waals surface area contributed by atoms with Gasteiger partial charge in [0.1, 0.15) is 5.82 Å². The van der Waals surface area contributed by atoms with Crippen LogP contribution >= 0.6 is 11.3 Å². The van der Waals surface area contributed by atoms with Crippen LogP contribution in [-0.2, 0) is 10.3 Å². The number of amides is 1. The molecule has 2 atom stereocenters. The highest BCUT2D eigenvalue weighted by Crippen LogP contribution is 2.41. The molecule has 2 heterocycles. The molecule has 0 spiro atoms. The lowest BCUT2D eigenvalue weighted by Gasteiger charge is -2.42. The number of carbonyl (C=O) groups is 1. The van der Waals surface area contributed by atoms with Crippen LogP contribution in [0.1, 0.15) is 36.2 Å². The fourth-order valence-corrected chi connectivity index (χ4v) is 4.91. The monoisotopic (exact) mass is 425 g/mol. The van der Waals surface area contributed by atoms with Gasteiger partial charge in [0.2, 0.25) is 0 Å². The molecule has 1 amide bonds. The molecule has 1 aromatic heterocycles. The van der Waals surface area contributed by atoms with Crippen LogP contribution in [0.2, 0.25) is 0 Å². The van der Waals surface area contributed by atoms with Crippen molar-refractivity contribution >= 4 is 17.4 Å². The summed E-state index contributed by atoms with van der Waals surface area (Å²) in [7, 11) is 0. The lowest BCUT2D eigenvalue weighted by molar-refractivity contribution is -0.0697. The molecule has 0 unspecified atom stereocenters. The zero-order chi connectivity index (χ0) is 21.1. The number of aliphatic hydroxyl groups is 1. The Labute approximate surface area is 179 Å². The van der Waals surface area contributed by atoms with E-state index >= 15 is 0 Å². The Morgan fingerprint density at radius 3 is 2.37 bits per heavy atom. The number of nitrogens with zero attached hydrogens (tertiary/aromatic N) is 1. The third-order valence-corrected chi connectivity index (χ3v) is 6.85. The molecule has 1 fully saturated rings. The summed E-state index contributed by atoms with van der Waals surface area (Å²) in [6.45, 7) is 2.50. The van der Waals surface area contributed by atoms with Gasteiger partial charge in [-0.25, -0.2) is 9.18 Å². The Kier molecular flexibility index (Phi) is 5.88. The van der Waals surface area contributed by atoms with Crippen LogP contribution in [0.3, 0.4) is 0 Å². The first-order valence-corrected chi connectivity index (χ1v) is 10.9. The smallest absolute Gasteiger partial charge is 0.411 e. The summed E-state index contributed by atoms with van der Waals surface area (Å²) >= 11 is 1.55. The van der Waals surface area contributed by atoms with Gasteiger partial charge in [-0.1, -0.05) is 42.5 Å². The summed E-state index contributed by atoms with van der Waals surface area (Å²) in [5, 5.41) is 11.5. The van der Waals surface area contributed by atoms with Gasteiger partial charge in [0.25, 0.3) is 0 Å². The first-order valence-electron chi connectivity index (χ1n) is 10.0. The van der Waals surface area contributed by atoms with E-state index in [0.717, 1.165) is 21.6 Å². The van der Waals surface area contributed by atoms with Crippen molar-refractivity contribution in [2.45, 2.75) is 31.4 Å². The van der Waals surface area contributed by atoms with Crippen molar-refractivity contribution in [3.63, 3.8) is 0 Å². The second kappa shape index (κ2) is 8.58. The van der Waals surface area contributed by atoms with Crippen LogP contribution in [-0.4, -0.2) is 29.3 Å². The average Bonchev–Trinajstić information content (AvgIpc) is 3.30. The van der Waals surface area contributed by atoms with E-state index in [1.807, 2.05) is 48.7 Å². The van der Waals surface area contributed by atoms with E-state index in [2.05, 4.69) is 0 Å². The minimum atomic E-state index is -0.747. The van der Waals surface area contributed by atoms with Gasteiger partial charge in [-0.2, -0.15) is 0 Å². The van der Waals surface area contributed by atoms with Crippen molar-refractivity contribution in [2.24, 2.45) is 0 Å². The Balaban J connectivity index is 1.49. The standard InChI is InChI=1S/C24H24FNO3S/c1-17(18-4-6-19(7-5-18)20-8-10-21(25)11-9-20)26-14-12-24(13-15-27,29-23(26)28)22-3-2-16-30-22/h2-11,16-17,27H,12-15H2,1H3/t17-,24+/m0/s1. The van der Waals surface area contributed by atoms with Gasteiger partial charge in [0.15, 0.2) is 5.60 Å². The van der Waals surface area contributed by atoms with Crippen molar-refractivity contribution in [1.29, 1.82) is 0 Å². The highest BCUT2D eigenvalue weighted by Gasteiger charge is 2.43. The number of rotatable bonds is 6. The van der Waals surface area contributed by atoms with Crippen molar-refractivity contribution in [3.8, 4) is 11.1 Å². The third-order valence-electron chi connectivity index (χ3n) is 5.80. The SMILES string of the molecule is C[C@@H](c1ccc(-c2ccc(F)cc2)cc1)N1CC[C@@](CCO)(c2cccs2)OC1=O. The molecule has 3 aromatic rings. The maximum atomic E-state index is 13.1. The van der Waals surface area contributed by atoms with Crippen molar-refractivity contribution in [3.05, 3.63) is 82.3 Å². The molecular weight excluding hydrogens is 401 g/mol. The summed E-state index contributed by atoms with van der Waals surface area (Å²) in [6, 6.07) is 18.1. The molecule has 0 saturated carbocycles. The van der Waals surface area contributed by atoms with Crippen LogP contribution in [0.25, 0.3) is 11.1 Å². The molecule has 1 N–H and O–H groups in total. The maximum Gasteiger partial charge on any atom is 0.411 e. The second-order valence-corrected chi connectivity index (χ2v) is 8.51. The molecule has 156 valence electrons. The zero-order valence-electron chi connectivity index (χ0n) is 16.8. The Bertz CT molecular complexity index is 988. The number of carbonyl (C=O) groups excluding carboxylic acids is 1. The van der Waals surface area contributed by atoms with Crippen molar-refractivity contribution < 1.29 is 19.0 Å². The van der Waals surface area contributed by atoms with E-state index in [-0.39, 0.29) is 24.6 Å². The Morgan fingerprint density at radius 2 is 1.80 bits per heavy atom. The average molecular weight is 426 g/mol. The number of hydrogen-bond acceptors (Lipinski definition) is 4. The van der Waals surface area contributed by atoms with Gasteiger partial charge in [-0.05, 0) is 47.2 Å². The number of benzene rings is 2. The lowest BCUT2D eigenvalue weighted by Crippen LogP contribution is -2.48. The minimum absolute atomic E-state index is 0.0361. The summed E-state index contributed by atoms with van der Waals surface area (Å²) in [5.74, 6) is -0.257. The topological polar surface area (TPSA) is 49.8 Å². The molecule has 2 aromatic carbocycles. The molecule has 1 aliphatic heterocycles. The summed E-state index contributed by atoms with van der Waals surface area (Å²) < 4.78 is 19.1. The molecular formula is C24H24FNO3S. The Morgan fingerprint density at radius 1 is 1.13 bits per heavy atom. The molecule has 0 radical (unpaired) electrons. The van der Waals surface area contributed by atoms with Crippen molar-refractivity contribution in [1.82, 2.24) is 4.90 Å². The predicted molar refractivity (Wildman–Crippen MR) is 116 cm³/mol. The summed E-state index contributed by atoms with van der Waals surface area (Å²) in [4.78, 5) is 15.6. The molecule has 1 saturated heterocycles. The van der Waals surface area contributed by atoms with E-state index in [0.29, 0.717) is 19.4 Å². The summed E-state index contributed by atoms with van der Waals surface area (Å²) in [6.07, 6.45) is 0.671. The quantitative estimate of drug-likeness (QED) is 0.548. The zero-order valence-corrected chi connectivity index (χ0v) is 17.6. The predicted octanol–water partition coefficient (Wildman–Crippen LogP) is 5.74. The van der Waals surface area contributed by atoms with E-state index in [4.69, 9.17) is 4.74 Å². The van der Waals surface area contributed by atoms with Gasteiger partial charge in [0.05, 0.1) is 6.04 Å². The van der Waals surface area contributed by atoms with Gasteiger partial charge in [0, 0.05) is 30.9 Å². The molecule has 4 nitrogen and oxygen atoms in total. The second-order valence-electron chi connectivity index (χ2n) is 7.56. The van der Waals surface area contributed by atoms with Crippen LogP contribution < -0.4 is 0 Å². The largest absolute Gasteiger partial charge is 0.437 e. The van der Waals surface area contributed by atoms with Crippen LogP contribution in [0.15, 0.2) is 66.0 Å². The number of halogens is 1. The first-order chi connectivity index (χ1) is 14.5. The molecule has 0 aliphatic carbocycles. The van der Waals surface area contributed by atoms with Gasteiger partial charge in [-0.15, -0.1) is 11.3 Å². The number of hydrogen-bond donors (Lipinski definition) is 1. The normalized spacial score (nSPS) is 20.1. The lowest BCUT2D eigenvalue weighted by atomic mass is 9.91. The number of cyclic esters (lactones) is 1. The molecule has 4 rings (SSSR count). The highest BCUT2D eigenvalue weighted by atomic mass is 32.1. The number of thiophene rings is 1. The van der Waals surface area contributed by atoms with E-state index in [1.54, 1.807) is 28.4 Å². The number of ether oxygens (including phenoxy) is 1. The van der Waals surface area contributed by atoms with E-state index < -0.39 is 5.60 Å².